The smallest absolute Gasteiger partial charge is 0.410 e. The normalized spacial score (nSPS) is 18.0. The van der Waals surface area contributed by atoms with E-state index in [1.807, 2.05) is 35.2 Å². The minimum atomic E-state index is -0.213. The molecular formula is C25H28N2O2. The summed E-state index contributed by atoms with van der Waals surface area (Å²) in [6, 6.07) is 16.6. The average molecular weight is 389 g/mol. The highest BCUT2D eigenvalue weighted by Crippen LogP contribution is 2.41. The van der Waals surface area contributed by atoms with E-state index in [9.17, 15) is 4.79 Å². The molecule has 150 valence electrons. The van der Waals surface area contributed by atoms with E-state index in [1.165, 1.54) is 47.0 Å². The standard InChI is InChI=1S/C25H28N2O2/c1-2-7-19-12-15-27-23-13-14-26(25(28)29-17-18-8-4-3-5-9-18)16-22(23)21-11-6-10-20(19)24(21)27/h3-6,8-11,19H,2,7,12-17H2,1H3. The Morgan fingerprint density at radius 2 is 1.97 bits per heavy atom. The first-order valence-corrected chi connectivity index (χ1v) is 10.8. The highest BCUT2D eigenvalue weighted by atomic mass is 16.6. The maximum Gasteiger partial charge on any atom is 0.410 e. The van der Waals surface area contributed by atoms with Gasteiger partial charge in [-0.05, 0) is 29.9 Å². The molecule has 2 aromatic carbocycles. The van der Waals surface area contributed by atoms with E-state index in [1.54, 1.807) is 0 Å². The number of hydrogen-bond acceptors (Lipinski definition) is 2. The molecule has 0 N–H and O–H groups in total. The maximum atomic E-state index is 12.7. The van der Waals surface area contributed by atoms with Crippen LogP contribution in [0.25, 0.3) is 10.9 Å². The number of amides is 1. The summed E-state index contributed by atoms with van der Waals surface area (Å²) >= 11 is 0. The highest BCUT2D eigenvalue weighted by Gasteiger charge is 2.31. The molecule has 0 radical (unpaired) electrons. The number of nitrogens with zero attached hydrogens (tertiary/aromatic N) is 2. The summed E-state index contributed by atoms with van der Waals surface area (Å²) in [6.07, 6.45) is 4.40. The molecule has 1 unspecified atom stereocenters. The molecule has 1 atom stereocenters. The molecule has 3 heterocycles. The zero-order valence-electron chi connectivity index (χ0n) is 17.1. The van der Waals surface area contributed by atoms with Crippen molar-refractivity contribution in [3.8, 4) is 0 Å². The van der Waals surface area contributed by atoms with Crippen LogP contribution < -0.4 is 0 Å². The van der Waals surface area contributed by atoms with Gasteiger partial charge in [-0.2, -0.15) is 0 Å². The van der Waals surface area contributed by atoms with E-state index in [-0.39, 0.29) is 6.09 Å². The third-order valence-electron chi connectivity index (χ3n) is 6.55. The number of benzene rings is 2. The fraction of sp³-hybridized carbons (Fsp3) is 0.400. The van der Waals surface area contributed by atoms with Gasteiger partial charge in [-0.25, -0.2) is 4.79 Å². The van der Waals surface area contributed by atoms with Crippen molar-refractivity contribution < 1.29 is 9.53 Å². The number of hydrogen-bond donors (Lipinski definition) is 0. The Balaban J connectivity index is 1.40. The van der Waals surface area contributed by atoms with Crippen LogP contribution in [0.15, 0.2) is 48.5 Å². The predicted octanol–water partition coefficient (Wildman–Crippen LogP) is 5.62. The van der Waals surface area contributed by atoms with Gasteiger partial charge < -0.3 is 14.2 Å². The molecule has 5 rings (SSSR count). The Morgan fingerprint density at radius 3 is 2.79 bits per heavy atom. The Labute approximate surface area is 172 Å². The molecule has 4 heteroatoms. The summed E-state index contributed by atoms with van der Waals surface area (Å²) in [5.74, 6) is 0.666. The van der Waals surface area contributed by atoms with Crippen LogP contribution in [0.5, 0.6) is 0 Å². The number of aromatic nitrogens is 1. The van der Waals surface area contributed by atoms with Gasteiger partial charge in [0.2, 0.25) is 0 Å². The minimum absolute atomic E-state index is 0.213. The molecule has 3 aromatic rings. The SMILES string of the molecule is CCCC1CCn2c3c(c4cccc1c42)CN(C(=O)OCc1ccccc1)CC3. The van der Waals surface area contributed by atoms with Gasteiger partial charge in [0.25, 0.3) is 0 Å². The molecule has 0 bridgehead atoms. The second kappa shape index (κ2) is 7.58. The fourth-order valence-electron chi connectivity index (χ4n) is 5.16. The molecule has 0 aliphatic carbocycles. The lowest BCUT2D eigenvalue weighted by molar-refractivity contribution is 0.0917. The number of carbonyl (C=O) groups is 1. The Bertz CT molecular complexity index is 1040. The number of carbonyl (C=O) groups excluding carboxylic acids is 1. The second-order valence-corrected chi connectivity index (χ2v) is 8.31. The van der Waals surface area contributed by atoms with Crippen LogP contribution in [-0.2, 0) is 30.9 Å². The molecule has 29 heavy (non-hydrogen) atoms. The first-order valence-electron chi connectivity index (χ1n) is 10.8. The minimum Gasteiger partial charge on any atom is -0.445 e. The Kier molecular flexibility index (Phi) is 4.78. The van der Waals surface area contributed by atoms with Gasteiger partial charge in [-0.3, -0.25) is 0 Å². The van der Waals surface area contributed by atoms with Crippen LogP contribution in [0, 0.1) is 0 Å². The first kappa shape index (κ1) is 18.3. The number of para-hydroxylation sites is 1. The van der Waals surface area contributed by atoms with Crippen molar-refractivity contribution in [2.45, 2.75) is 58.2 Å². The lowest BCUT2D eigenvalue weighted by Gasteiger charge is -2.29. The summed E-state index contributed by atoms with van der Waals surface area (Å²) in [6.45, 7) is 5.08. The Hall–Kier alpha value is -2.75. The van der Waals surface area contributed by atoms with E-state index in [0.717, 1.165) is 25.1 Å². The summed E-state index contributed by atoms with van der Waals surface area (Å²) in [5.41, 5.74) is 6.69. The van der Waals surface area contributed by atoms with E-state index in [2.05, 4.69) is 29.7 Å². The third kappa shape index (κ3) is 3.21. The maximum absolute atomic E-state index is 12.7. The summed E-state index contributed by atoms with van der Waals surface area (Å²) in [5, 5.41) is 1.33. The highest BCUT2D eigenvalue weighted by molar-refractivity contribution is 5.90. The number of aryl methyl sites for hydroxylation is 1. The van der Waals surface area contributed by atoms with E-state index in [0.29, 0.717) is 19.1 Å². The lowest BCUT2D eigenvalue weighted by Crippen LogP contribution is -2.36. The van der Waals surface area contributed by atoms with Gasteiger partial charge in [0, 0.05) is 36.2 Å². The summed E-state index contributed by atoms with van der Waals surface area (Å²) in [4.78, 5) is 14.6. The second-order valence-electron chi connectivity index (χ2n) is 8.31. The third-order valence-corrected chi connectivity index (χ3v) is 6.55. The van der Waals surface area contributed by atoms with Gasteiger partial charge in [0.1, 0.15) is 6.61 Å². The molecule has 1 aromatic heterocycles. The van der Waals surface area contributed by atoms with Gasteiger partial charge in [0.15, 0.2) is 0 Å². The average Bonchev–Trinajstić information content (AvgIpc) is 3.09. The van der Waals surface area contributed by atoms with Gasteiger partial charge >= 0.3 is 6.09 Å². The van der Waals surface area contributed by atoms with E-state index in [4.69, 9.17) is 4.74 Å². The van der Waals surface area contributed by atoms with Gasteiger partial charge in [-0.1, -0.05) is 61.9 Å². The van der Waals surface area contributed by atoms with Crippen LogP contribution in [-0.4, -0.2) is 22.1 Å². The topological polar surface area (TPSA) is 34.5 Å². The first-order chi connectivity index (χ1) is 14.3. The zero-order chi connectivity index (χ0) is 19.8. The molecule has 0 saturated heterocycles. The van der Waals surface area contributed by atoms with Crippen molar-refractivity contribution in [3.63, 3.8) is 0 Å². The Morgan fingerprint density at radius 1 is 1.10 bits per heavy atom. The van der Waals surface area contributed by atoms with E-state index < -0.39 is 0 Å². The number of ether oxygens (including phenoxy) is 1. The fourth-order valence-corrected chi connectivity index (χ4v) is 5.16. The van der Waals surface area contributed by atoms with Gasteiger partial charge in [0.05, 0.1) is 12.1 Å². The molecular weight excluding hydrogens is 360 g/mol. The van der Waals surface area contributed by atoms with Crippen molar-refractivity contribution in [2.24, 2.45) is 0 Å². The van der Waals surface area contributed by atoms with Crippen molar-refractivity contribution in [1.82, 2.24) is 9.47 Å². The molecule has 2 aliphatic heterocycles. The van der Waals surface area contributed by atoms with Crippen LogP contribution in [0.3, 0.4) is 0 Å². The molecule has 0 saturated carbocycles. The largest absolute Gasteiger partial charge is 0.445 e. The van der Waals surface area contributed by atoms with E-state index >= 15 is 0 Å². The molecule has 0 spiro atoms. The summed E-state index contributed by atoms with van der Waals surface area (Å²) in [7, 11) is 0. The van der Waals surface area contributed by atoms with Crippen LogP contribution in [0.4, 0.5) is 4.79 Å². The monoisotopic (exact) mass is 388 g/mol. The predicted molar refractivity (Wildman–Crippen MR) is 115 cm³/mol. The van der Waals surface area contributed by atoms with Crippen molar-refractivity contribution in [3.05, 3.63) is 70.9 Å². The number of fused-ring (bicyclic) bond motifs is 3. The summed E-state index contributed by atoms with van der Waals surface area (Å²) < 4.78 is 8.13. The van der Waals surface area contributed by atoms with Crippen molar-refractivity contribution in [2.75, 3.05) is 6.54 Å². The van der Waals surface area contributed by atoms with Crippen LogP contribution >= 0.6 is 0 Å². The van der Waals surface area contributed by atoms with Gasteiger partial charge in [-0.15, -0.1) is 0 Å². The molecule has 2 aliphatic rings. The van der Waals surface area contributed by atoms with Crippen molar-refractivity contribution >= 4 is 17.0 Å². The quantitative estimate of drug-likeness (QED) is 0.581. The lowest BCUT2D eigenvalue weighted by atomic mass is 9.88. The number of rotatable bonds is 4. The molecule has 1 amide bonds. The zero-order valence-corrected chi connectivity index (χ0v) is 17.1. The molecule has 0 fully saturated rings. The van der Waals surface area contributed by atoms with Crippen molar-refractivity contribution in [1.29, 1.82) is 0 Å². The van der Waals surface area contributed by atoms with Crippen LogP contribution in [0.1, 0.15) is 54.5 Å². The van der Waals surface area contributed by atoms with Crippen LogP contribution in [0.2, 0.25) is 0 Å². The molecule has 4 nitrogen and oxygen atoms in total.